The second-order valence-electron chi connectivity index (χ2n) is 6.54. The minimum atomic E-state index is -0.535. The summed E-state index contributed by atoms with van der Waals surface area (Å²) in [7, 11) is 0. The monoisotopic (exact) mass is 325 g/mol. The average Bonchev–Trinajstić information content (AvgIpc) is 2.26. The molecule has 19 heavy (non-hydrogen) atoms. The molecular weight excluding hydrogens is 302 g/mol. The lowest BCUT2D eigenvalue weighted by atomic mass is 9.86. The first kappa shape index (κ1) is 16.2. The van der Waals surface area contributed by atoms with Gasteiger partial charge in [-0.15, -0.1) is 0 Å². The van der Waals surface area contributed by atoms with E-state index < -0.39 is 4.32 Å². The van der Waals surface area contributed by atoms with Crippen molar-refractivity contribution in [1.82, 2.24) is 5.32 Å². The highest BCUT2D eigenvalue weighted by Gasteiger charge is 2.25. The van der Waals surface area contributed by atoms with Crippen LogP contribution in [0.3, 0.4) is 0 Å². The molecule has 1 aromatic carbocycles. The lowest BCUT2D eigenvalue weighted by molar-refractivity contribution is -0.123. The topological polar surface area (TPSA) is 29.1 Å². The average molecular weight is 326 g/mol. The predicted molar refractivity (Wildman–Crippen MR) is 84.7 cm³/mol. The molecule has 2 nitrogen and oxygen atoms in total. The summed E-state index contributed by atoms with van der Waals surface area (Å²) in [4.78, 5) is 11.9. The van der Waals surface area contributed by atoms with Crippen LogP contribution in [0.2, 0.25) is 0 Å². The normalized spacial score (nSPS) is 14.1. The Morgan fingerprint density at radius 3 is 1.95 bits per heavy atom. The second-order valence-corrected chi connectivity index (χ2v) is 8.52. The quantitative estimate of drug-likeness (QED) is 0.823. The lowest BCUT2D eigenvalue weighted by Crippen LogP contribution is -2.38. The highest BCUT2D eigenvalue weighted by atomic mass is 79.9. The molecular formula is C16H24BrNO. The van der Waals surface area contributed by atoms with E-state index in [-0.39, 0.29) is 17.4 Å². The Kier molecular flexibility index (Phi) is 4.83. The largest absolute Gasteiger partial charge is 0.348 e. The maximum atomic E-state index is 11.9. The van der Waals surface area contributed by atoms with Crippen LogP contribution >= 0.6 is 15.9 Å². The molecule has 0 saturated heterocycles. The molecule has 0 aliphatic rings. The summed E-state index contributed by atoms with van der Waals surface area (Å²) in [5.74, 6) is -0.0000945. The Balaban J connectivity index is 2.79. The van der Waals surface area contributed by atoms with Crippen LogP contribution in [-0.2, 0) is 10.2 Å². The van der Waals surface area contributed by atoms with Crippen LogP contribution in [0.1, 0.15) is 58.7 Å². The summed E-state index contributed by atoms with van der Waals surface area (Å²) in [5.41, 5.74) is 2.58. The van der Waals surface area contributed by atoms with Gasteiger partial charge in [0, 0.05) is 0 Å². The Morgan fingerprint density at radius 2 is 1.58 bits per heavy atom. The van der Waals surface area contributed by atoms with Crippen LogP contribution in [0.5, 0.6) is 0 Å². The smallest absolute Gasteiger partial charge is 0.236 e. The molecule has 3 heteroatoms. The van der Waals surface area contributed by atoms with Gasteiger partial charge in [-0.2, -0.15) is 0 Å². The molecule has 1 amide bonds. The van der Waals surface area contributed by atoms with Gasteiger partial charge in [-0.1, -0.05) is 61.0 Å². The molecule has 0 saturated carbocycles. The van der Waals surface area contributed by atoms with Crippen LogP contribution in [0.4, 0.5) is 0 Å². The summed E-state index contributed by atoms with van der Waals surface area (Å²) in [5, 5.41) is 3.01. The van der Waals surface area contributed by atoms with Crippen LogP contribution in [0.15, 0.2) is 24.3 Å². The van der Waals surface area contributed by atoms with Gasteiger partial charge in [0.2, 0.25) is 5.91 Å². The number of carbonyl (C=O) groups is 1. The molecule has 0 aliphatic carbocycles. The van der Waals surface area contributed by atoms with E-state index in [0.717, 1.165) is 5.56 Å². The van der Waals surface area contributed by atoms with E-state index in [0.29, 0.717) is 0 Å². The molecule has 0 fully saturated rings. The van der Waals surface area contributed by atoms with Crippen molar-refractivity contribution < 1.29 is 4.79 Å². The lowest BCUT2D eigenvalue weighted by Gasteiger charge is -2.22. The van der Waals surface area contributed by atoms with E-state index in [9.17, 15) is 4.79 Å². The van der Waals surface area contributed by atoms with E-state index in [4.69, 9.17) is 0 Å². The number of nitrogens with one attached hydrogen (secondary N) is 1. The van der Waals surface area contributed by atoms with Crippen LogP contribution in [0, 0.1) is 0 Å². The summed E-state index contributed by atoms with van der Waals surface area (Å²) in [6.45, 7) is 12.3. The highest BCUT2D eigenvalue weighted by Crippen LogP contribution is 2.24. The van der Waals surface area contributed by atoms with E-state index in [1.165, 1.54) is 5.56 Å². The van der Waals surface area contributed by atoms with Crippen LogP contribution < -0.4 is 5.32 Å². The van der Waals surface area contributed by atoms with Gasteiger partial charge in [0.15, 0.2) is 0 Å². The zero-order valence-electron chi connectivity index (χ0n) is 12.7. The van der Waals surface area contributed by atoms with Crippen molar-refractivity contribution in [3.05, 3.63) is 35.4 Å². The Bertz CT molecular complexity index is 437. The maximum absolute atomic E-state index is 11.9. The number of amides is 1. The summed E-state index contributed by atoms with van der Waals surface area (Å²) in [6, 6.07) is 8.46. The summed E-state index contributed by atoms with van der Waals surface area (Å²) >= 11 is 3.37. The Labute approximate surface area is 125 Å². The zero-order chi connectivity index (χ0) is 14.8. The molecule has 0 spiro atoms. The number of carbonyl (C=O) groups excluding carboxylic acids is 1. The molecule has 1 unspecified atom stereocenters. The van der Waals surface area contributed by atoms with Gasteiger partial charge in [0.25, 0.3) is 0 Å². The van der Waals surface area contributed by atoms with Gasteiger partial charge in [0.05, 0.1) is 10.4 Å². The SMILES string of the molecule is CC(NC(=O)C(C)(C)Br)c1ccc(C(C)(C)C)cc1. The summed E-state index contributed by atoms with van der Waals surface area (Å²) < 4.78 is -0.535. The molecule has 1 atom stereocenters. The standard InChI is InChI=1S/C16H24BrNO/c1-11(18-14(19)16(5,6)17)12-7-9-13(10-8-12)15(2,3)4/h7-11H,1-6H3,(H,18,19). The maximum Gasteiger partial charge on any atom is 0.236 e. The van der Waals surface area contributed by atoms with Gasteiger partial charge in [-0.25, -0.2) is 0 Å². The Morgan fingerprint density at radius 1 is 1.11 bits per heavy atom. The first-order chi connectivity index (χ1) is 8.51. The van der Waals surface area contributed by atoms with Crippen molar-refractivity contribution in [3.8, 4) is 0 Å². The van der Waals surface area contributed by atoms with Crippen molar-refractivity contribution >= 4 is 21.8 Å². The molecule has 0 radical (unpaired) electrons. The first-order valence-electron chi connectivity index (χ1n) is 6.62. The number of alkyl halides is 1. The van der Waals surface area contributed by atoms with Crippen LogP contribution in [0.25, 0.3) is 0 Å². The van der Waals surface area contributed by atoms with Crippen molar-refractivity contribution in [2.45, 2.75) is 57.3 Å². The number of halogens is 1. The van der Waals surface area contributed by atoms with Crippen molar-refractivity contribution in [2.75, 3.05) is 0 Å². The van der Waals surface area contributed by atoms with Crippen LogP contribution in [-0.4, -0.2) is 10.2 Å². The van der Waals surface area contributed by atoms with Gasteiger partial charge in [-0.3, -0.25) is 4.79 Å². The van der Waals surface area contributed by atoms with E-state index in [1.54, 1.807) is 0 Å². The van der Waals surface area contributed by atoms with Gasteiger partial charge in [0.1, 0.15) is 0 Å². The van der Waals surface area contributed by atoms with Gasteiger partial charge >= 0.3 is 0 Å². The third-order valence-corrected chi connectivity index (χ3v) is 3.52. The van der Waals surface area contributed by atoms with Gasteiger partial charge in [-0.05, 0) is 37.3 Å². The fourth-order valence-electron chi connectivity index (χ4n) is 1.72. The minimum Gasteiger partial charge on any atom is -0.348 e. The molecule has 0 bridgehead atoms. The van der Waals surface area contributed by atoms with E-state index >= 15 is 0 Å². The van der Waals surface area contributed by atoms with E-state index in [1.807, 2.05) is 20.8 Å². The van der Waals surface area contributed by atoms with Crippen molar-refractivity contribution in [2.24, 2.45) is 0 Å². The fourth-order valence-corrected chi connectivity index (χ4v) is 1.84. The highest BCUT2D eigenvalue weighted by molar-refractivity contribution is 9.10. The first-order valence-corrected chi connectivity index (χ1v) is 7.41. The van der Waals surface area contributed by atoms with Gasteiger partial charge < -0.3 is 5.32 Å². The fraction of sp³-hybridized carbons (Fsp3) is 0.562. The molecule has 0 aromatic heterocycles. The molecule has 1 N–H and O–H groups in total. The molecule has 1 aromatic rings. The number of hydrogen-bond acceptors (Lipinski definition) is 1. The summed E-state index contributed by atoms with van der Waals surface area (Å²) in [6.07, 6.45) is 0. The van der Waals surface area contributed by atoms with Crippen molar-refractivity contribution in [1.29, 1.82) is 0 Å². The van der Waals surface area contributed by atoms with E-state index in [2.05, 4.69) is 66.3 Å². The number of rotatable bonds is 3. The second kappa shape index (κ2) is 5.66. The third kappa shape index (κ3) is 4.64. The molecule has 1 rings (SSSR count). The zero-order valence-corrected chi connectivity index (χ0v) is 14.3. The molecule has 0 heterocycles. The number of hydrogen-bond donors (Lipinski definition) is 1. The third-order valence-electron chi connectivity index (χ3n) is 3.16. The predicted octanol–water partition coefficient (Wildman–Crippen LogP) is 4.33. The molecule has 106 valence electrons. The number of benzene rings is 1. The molecule has 0 aliphatic heterocycles. The minimum absolute atomic E-state index is 0.0000945. The Hall–Kier alpha value is -0.830. The van der Waals surface area contributed by atoms with Crippen molar-refractivity contribution in [3.63, 3.8) is 0 Å².